The van der Waals surface area contributed by atoms with E-state index in [2.05, 4.69) is 15.9 Å². The van der Waals surface area contributed by atoms with Gasteiger partial charge in [0.25, 0.3) is 0 Å². The van der Waals surface area contributed by atoms with Crippen LogP contribution in [0.15, 0.2) is 10.5 Å². The van der Waals surface area contributed by atoms with E-state index in [1.807, 2.05) is 6.07 Å². The van der Waals surface area contributed by atoms with Gasteiger partial charge < -0.3 is 19.9 Å². The fourth-order valence-corrected chi connectivity index (χ4v) is 3.59. The molecule has 0 saturated heterocycles. The topological polar surface area (TPSA) is 53.7 Å². The van der Waals surface area contributed by atoms with Crippen molar-refractivity contribution in [3.8, 4) is 17.2 Å². The summed E-state index contributed by atoms with van der Waals surface area (Å²) in [6.45, 7) is 0.609. The van der Waals surface area contributed by atoms with Gasteiger partial charge in [0.05, 0.1) is 21.3 Å². The van der Waals surface area contributed by atoms with Crippen LogP contribution in [0.1, 0.15) is 24.8 Å². The van der Waals surface area contributed by atoms with Gasteiger partial charge in [-0.05, 0) is 18.9 Å². The van der Waals surface area contributed by atoms with E-state index in [9.17, 15) is 0 Å². The molecule has 0 radical (unpaired) electrons. The highest BCUT2D eigenvalue weighted by Gasteiger charge is 2.42. The van der Waals surface area contributed by atoms with Crippen LogP contribution in [0.3, 0.4) is 0 Å². The molecule has 0 aliphatic heterocycles. The van der Waals surface area contributed by atoms with Crippen LogP contribution in [0, 0.1) is 0 Å². The first-order valence-electron chi connectivity index (χ1n) is 6.32. The van der Waals surface area contributed by atoms with Crippen LogP contribution in [-0.2, 0) is 5.41 Å². The highest BCUT2D eigenvalue weighted by Crippen LogP contribution is 2.54. The van der Waals surface area contributed by atoms with Gasteiger partial charge in [0, 0.05) is 22.0 Å². The molecule has 1 aromatic carbocycles. The molecule has 1 aliphatic rings. The molecule has 0 aromatic heterocycles. The Bertz CT molecular complexity index is 467. The van der Waals surface area contributed by atoms with Crippen LogP contribution in [0.4, 0.5) is 0 Å². The van der Waals surface area contributed by atoms with E-state index in [-0.39, 0.29) is 5.41 Å². The van der Waals surface area contributed by atoms with Crippen LogP contribution >= 0.6 is 15.9 Å². The van der Waals surface area contributed by atoms with E-state index in [0.717, 1.165) is 28.6 Å². The molecule has 0 unspecified atom stereocenters. The molecule has 1 fully saturated rings. The summed E-state index contributed by atoms with van der Waals surface area (Å²) in [4.78, 5) is 0. The fourth-order valence-electron chi connectivity index (χ4n) is 2.78. The van der Waals surface area contributed by atoms with Crippen molar-refractivity contribution in [2.75, 3.05) is 27.9 Å². The molecule has 106 valence electrons. The average molecular weight is 330 g/mol. The van der Waals surface area contributed by atoms with Gasteiger partial charge in [0.15, 0.2) is 11.5 Å². The third kappa shape index (κ3) is 2.19. The lowest BCUT2D eigenvalue weighted by atomic mass is 9.64. The highest BCUT2D eigenvalue weighted by molar-refractivity contribution is 9.10. The van der Waals surface area contributed by atoms with E-state index in [4.69, 9.17) is 19.9 Å². The fraction of sp³-hybridized carbons (Fsp3) is 0.571. The molecule has 19 heavy (non-hydrogen) atoms. The maximum Gasteiger partial charge on any atom is 0.203 e. The number of hydrogen-bond acceptors (Lipinski definition) is 4. The lowest BCUT2D eigenvalue weighted by molar-refractivity contribution is 0.237. The molecule has 0 spiro atoms. The molecule has 0 amide bonds. The molecular weight excluding hydrogens is 310 g/mol. The lowest BCUT2D eigenvalue weighted by Gasteiger charge is -2.43. The second-order valence-corrected chi connectivity index (χ2v) is 5.69. The number of benzene rings is 1. The maximum absolute atomic E-state index is 6.01. The molecule has 2 N–H and O–H groups in total. The lowest BCUT2D eigenvalue weighted by Crippen LogP contribution is -2.42. The minimum absolute atomic E-state index is 0.0102. The third-order valence-electron chi connectivity index (χ3n) is 4.01. The molecule has 1 saturated carbocycles. The molecule has 0 atom stereocenters. The van der Waals surface area contributed by atoms with Gasteiger partial charge in [-0.1, -0.05) is 22.4 Å². The van der Waals surface area contributed by atoms with Crippen molar-refractivity contribution in [1.29, 1.82) is 0 Å². The maximum atomic E-state index is 6.01. The third-order valence-corrected chi connectivity index (χ3v) is 4.64. The van der Waals surface area contributed by atoms with Gasteiger partial charge in [-0.15, -0.1) is 0 Å². The summed E-state index contributed by atoms with van der Waals surface area (Å²) in [5.41, 5.74) is 7.10. The Labute approximate surface area is 122 Å². The molecule has 0 heterocycles. The molecule has 0 bridgehead atoms. The molecular formula is C14H20BrNO3. The SMILES string of the molecule is COc1cc(Br)c(C2(CN)CCC2)c(OC)c1OC. The van der Waals surface area contributed by atoms with E-state index in [1.165, 1.54) is 6.42 Å². The van der Waals surface area contributed by atoms with Crippen molar-refractivity contribution in [2.45, 2.75) is 24.7 Å². The second-order valence-electron chi connectivity index (χ2n) is 4.84. The van der Waals surface area contributed by atoms with Gasteiger partial charge in [-0.25, -0.2) is 0 Å². The van der Waals surface area contributed by atoms with Gasteiger partial charge in [0.1, 0.15) is 0 Å². The normalized spacial score (nSPS) is 16.7. The Morgan fingerprint density at radius 3 is 2.16 bits per heavy atom. The number of ether oxygens (including phenoxy) is 3. The summed E-state index contributed by atoms with van der Waals surface area (Å²) >= 11 is 3.62. The Morgan fingerprint density at radius 2 is 1.79 bits per heavy atom. The number of hydrogen-bond donors (Lipinski definition) is 1. The highest BCUT2D eigenvalue weighted by atomic mass is 79.9. The molecule has 2 rings (SSSR count). The van der Waals surface area contributed by atoms with E-state index in [0.29, 0.717) is 18.0 Å². The zero-order valence-electron chi connectivity index (χ0n) is 11.6. The molecule has 1 aliphatic carbocycles. The van der Waals surface area contributed by atoms with Crippen molar-refractivity contribution in [3.05, 3.63) is 16.1 Å². The monoisotopic (exact) mass is 329 g/mol. The quantitative estimate of drug-likeness (QED) is 0.902. The van der Waals surface area contributed by atoms with Gasteiger partial charge in [-0.3, -0.25) is 0 Å². The first kappa shape index (κ1) is 14.5. The minimum atomic E-state index is -0.0102. The number of nitrogens with two attached hydrogens (primary N) is 1. The summed E-state index contributed by atoms with van der Waals surface area (Å²) in [7, 11) is 4.88. The van der Waals surface area contributed by atoms with Crippen molar-refractivity contribution >= 4 is 15.9 Å². The van der Waals surface area contributed by atoms with E-state index < -0.39 is 0 Å². The van der Waals surface area contributed by atoms with Crippen LogP contribution in [0.2, 0.25) is 0 Å². The zero-order chi connectivity index (χ0) is 14.0. The minimum Gasteiger partial charge on any atom is -0.493 e. The predicted molar refractivity (Wildman–Crippen MR) is 78.4 cm³/mol. The smallest absolute Gasteiger partial charge is 0.203 e. The van der Waals surface area contributed by atoms with Crippen molar-refractivity contribution in [3.63, 3.8) is 0 Å². The molecule has 1 aromatic rings. The Kier molecular flexibility index (Phi) is 4.26. The van der Waals surface area contributed by atoms with Gasteiger partial charge in [-0.2, -0.15) is 0 Å². The first-order valence-corrected chi connectivity index (χ1v) is 7.12. The van der Waals surface area contributed by atoms with Crippen LogP contribution < -0.4 is 19.9 Å². The summed E-state index contributed by atoms with van der Waals surface area (Å²) in [5.74, 6) is 2.00. The Hall–Kier alpha value is -0.940. The summed E-state index contributed by atoms with van der Waals surface area (Å²) in [6.07, 6.45) is 3.35. The van der Waals surface area contributed by atoms with E-state index >= 15 is 0 Å². The zero-order valence-corrected chi connectivity index (χ0v) is 13.2. The van der Waals surface area contributed by atoms with Crippen molar-refractivity contribution < 1.29 is 14.2 Å². The Balaban J connectivity index is 2.66. The summed E-state index contributed by atoms with van der Waals surface area (Å²) in [5, 5.41) is 0. The van der Waals surface area contributed by atoms with Crippen molar-refractivity contribution in [1.82, 2.24) is 0 Å². The van der Waals surface area contributed by atoms with E-state index in [1.54, 1.807) is 21.3 Å². The largest absolute Gasteiger partial charge is 0.493 e. The average Bonchev–Trinajstić information content (AvgIpc) is 2.38. The molecule has 4 nitrogen and oxygen atoms in total. The summed E-state index contributed by atoms with van der Waals surface area (Å²) in [6, 6.07) is 1.92. The van der Waals surface area contributed by atoms with Crippen LogP contribution in [-0.4, -0.2) is 27.9 Å². The second kappa shape index (κ2) is 5.59. The van der Waals surface area contributed by atoms with Crippen molar-refractivity contribution in [2.24, 2.45) is 5.73 Å². The number of halogens is 1. The van der Waals surface area contributed by atoms with Crippen LogP contribution in [0.5, 0.6) is 17.2 Å². The molecule has 5 heteroatoms. The standard InChI is InChI=1S/C14H20BrNO3/c1-17-10-7-9(15)11(13(19-3)12(10)18-2)14(8-16)5-4-6-14/h7H,4-6,8,16H2,1-3H3. The van der Waals surface area contributed by atoms with Crippen LogP contribution in [0.25, 0.3) is 0 Å². The summed E-state index contributed by atoms with van der Waals surface area (Å²) < 4.78 is 17.3. The Morgan fingerprint density at radius 1 is 1.16 bits per heavy atom. The number of methoxy groups -OCH3 is 3. The van der Waals surface area contributed by atoms with Gasteiger partial charge >= 0.3 is 0 Å². The van der Waals surface area contributed by atoms with Gasteiger partial charge in [0.2, 0.25) is 5.75 Å². The number of rotatable bonds is 5. The predicted octanol–water partition coefficient (Wildman–Crippen LogP) is 2.86. The first-order chi connectivity index (χ1) is 9.13.